The van der Waals surface area contributed by atoms with Crippen molar-refractivity contribution in [1.82, 2.24) is 0 Å². The normalized spacial score (nSPS) is 16.7. The molecule has 2 aliphatic rings. The van der Waals surface area contributed by atoms with Crippen LogP contribution in [0.1, 0.15) is 11.1 Å². The molecule has 0 N–H and O–H groups in total. The van der Waals surface area contributed by atoms with Crippen LogP contribution in [0.3, 0.4) is 0 Å². The van der Waals surface area contributed by atoms with E-state index in [0.717, 1.165) is 17.3 Å². The van der Waals surface area contributed by atoms with E-state index in [2.05, 4.69) is 4.99 Å². The zero-order valence-electron chi connectivity index (χ0n) is 13.8. The minimum Gasteiger partial charge on any atom is -0.454 e. The summed E-state index contributed by atoms with van der Waals surface area (Å²) in [6, 6.07) is 12.7. The molecule has 0 unspecified atom stereocenters. The van der Waals surface area contributed by atoms with Crippen LogP contribution in [0.15, 0.2) is 53.2 Å². The smallest absolute Gasteiger partial charge is 0.280 e. The van der Waals surface area contributed by atoms with Crippen LogP contribution in [0.2, 0.25) is 0 Å². The highest BCUT2D eigenvalue weighted by atomic mass is 32.2. The first kappa shape index (κ1) is 17.6. The standard InChI is InChI=1S/C18H12N2O5S2/c21-17-13(19-18(27-17)26-9-11-4-2-1-3-5-11)6-12-7-15-16(25-10-24-15)8-14(12)20(22)23/h1-8H,9-10H2/b13-6-. The summed E-state index contributed by atoms with van der Waals surface area (Å²) in [5.41, 5.74) is 1.40. The molecule has 0 saturated heterocycles. The number of aliphatic imine (C=N–C) groups is 1. The van der Waals surface area contributed by atoms with Gasteiger partial charge in [-0.3, -0.25) is 14.9 Å². The van der Waals surface area contributed by atoms with Crippen LogP contribution < -0.4 is 9.47 Å². The van der Waals surface area contributed by atoms with Crippen LogP contribution in [0.4, 0.5) is 5.69 Å². The summed E-state index contributed by atoms with van der Waals surface area (Å²) in [5.74, 6) is 1.42. The van der Waals surface area contributed by atoms with Gasteiger partial charge < -0.3 is 9.47 Å². The monoisotopic (exact) mass is 400 g/mol. The highest BCUT2D eigenvalue weighted by molar-refractivity contribution is 8.45. The minimum atomic E-state index is -0.518. The van der Waals surface area contributed by atoms with E-state index in [9.17, 15) is 14.9 Å². The molecule has 4 rings (SSSR count). The fourth-order valence-corrected chi connectivity index (χ4v) is 4.34. The van der Waals surface area contributed by atoms with Crippen molar-refractivity contribution in [1.29, 1.82) is 0 Å². The van der Waals surface area contributed by atoms with Gasteiger partial charge in [-0.1, -0.05) is 42.1 Å². The van der Waals surface area contributed by atoms with Gasteiger partial charge in [0.2, 0.25) is 11.9 Å². The van der Waals surface area contributed by atoms with Crippen molar-refractivity contribution in [2.45, 2.75) is 5.75 Å². The van der Waals surface area contributed by atoms with Gasteiger partial charge in [-0.05, 0) is 29.5 Å². The molecule has 2 aromatic rings. The van der Waals surface area contributed by atoms with Gasteiger partial charge >= 0.3 is 0 Å². The number of carbonyl (C=O) groups excluding carboxylic acids is 1. The molecular formula is C18H12N2O5S2. The molecule has 0 amide bonds. The van der Waals surface area contributed by atoms with Crippen LogP contribution in [0.25, 0.3) is 6.08 Å². The number of nitrogens with zero attached hydrogens (tertiary/aromatic N) is 2. The minimum absolute atomic E-state index is 0.0136. The van der Waals surface area contributed by atoms with Crippen LogP contribution in [-0.2, 0) is 10.5 Å². The summed E-state index contributed by atoms with van der Waals surface area (Å²) in [6.45, 7) is 0.0136. The number of thioether (sulfide) groups is 2. The predicted octanol–water partition coefficient (Wildman–Crippen LogP) is 4.23. The Morgan fingerprint density at radius 1 is 1.22 bits per heavy atom. The largest absolute Gasteiger partial charge is 0.454 e. The lowest BCUT2D eigenvalue weighted by Crippen LogP contribution is -1.94. The number of carbonyl (C=O) groups is 1. The highest BCUT2D eigenvalue weighted by Gasteiger charge is 2.26. The van der Waals surface area contributed by atoms with Crippen LogP contribution in [-0.4, -0.2) is 21.2 Å². The van der Waals surface area contributed by atoms with Gasteiger partial charge in [-0.2, -0.15) is 0 Å². The zero-order chi connectivity index (χ0) is 18.8. The number of ether oxygens (including phenoxy) is 2. The van der Waals surface area contributed by atoms with E-state index in [4.69, 9.17) is 9.47 Å². The second kappa shape index (κ2) is 7.45. The van der Waals surface area contributed by atoms with Gasteiger partial charge in [0.15, 0.2) is 11.5 Å². The first-order valence-electron chi connectivity index (χ1n) is 7.87. The molecule has 0 fully saturated rings. The van der Waals surface area contributed by atoms with Gasteiger partial charge in [0, 0.05) is 5.75 Å². The van der Waals surface area contributed by atoms with Crippen molar-refractivity contribution in [2.24, 2.45) is 4.99 Å². The number of fused-ring (bicyclic) bond motifs is 1. The third-order valence-electron chi connectivity index (χ3n) is 3.82. The van der Waals surface area contributed by atoms with E-state index in [1.165, 1.54) is 30.0 Å². The van der Waals surface area contributed by atoms with Crippen LogP contribution in [0.5, 0.6) is 11.5 Å². The lowest BCUT2D eigenvalue weighted by Gasteiger charge is -2.01. The van der Waals surface area contributed by atoms with E-state index in [-0.39, 0.29) is 28.9 Å². The summed E-state index contributed by atoms with van der Waals surface area (Å²) in [4.78, 5) is 27.4. The van der Waals surface area contributed by atoms with Crippen LogP contribution >= 0.6 is 23.5 Å². The molecule has 27 heavy (non-hydrogen) atoms. The van der Waals surface area contributed by atoms with E-state index in [1.54, 1.807) is 0 Å². The Bertz CT molecular complexity index is 989. The number of hydrogen-bond donors (Lipinski definition) is 0. The summed E-state index contributed by atoms with van der Waals surface area (Å²) in [5, 5.41) is 11.1. The quantitative estimate of drug-likeness (QED) is 0.431. The van der Waals surface area contributed by atoms with E-state index >= 15 is 0 Å². The molecule has 2 aliphatic heterocycles. The Morgan fingerprint density at radius 2 is 1.96 bits per heavy atom. The topological polar surface area (TPSA) is 91.0 Å². The van der Waals surface area contributed by atoms with E-state index in [1.807, 2.05) is 30.3 Å². The molecule has 2 heterocycles. The molecule has 0 spiro atoms. The van der Waals surface area contributed by atoms with Gasteiger partial charge in [-0.25, -0.2) is 4.99 Å². The molecule has 9 heteroatoms. The number of hydrogen-bond acceptors (Lipinski definition) is 8. The third kappa shape index (κ3) is 3.83. The van der Waals surface area contributed by atoms with Crippen molar-refractivity contribution in [3.05, 3.63) is 69.4 Å². The van der Waals surface area contributed by atoms with Crippen molar-refractivity contribution >= 4 is 44.8 Å². The molecule has 0 radical (unpaired) electrons. The average Bonchev–Trinajstić information content (AvgIpc) is 3.26. The number of nitro benzene ring substituents is 1. The Labute approximate surface area is 162 Å². The molecule has 136 valence electrons. The predicted molar refractivity (Wildman–Crippen MR) is 105 cm³/mol. The Morgan fingerprint density at radius 3 is 2.70 bits per heavy atom. The summed E-state index contributed by atoms with van der Waals surface area (Å²) < 4.78 is 11.1. The molecule has 2 aromatic carbocycles. The maximum absolute atomic E-state index is 12.3. The van der Waals surface area contributed by atoms with Gasteiger partial charge in [-0.15, -0.1) is 0 Å². The maximum Gasteiger partial charge on any atom is 0.280 e. The van der Waals surface area contributed by atoms with E-state index < -0.39 is 4.92 Å². The molecule has 0 atom stereocenters. The summed E-state index contributed by atoms with van der Waals surface area (Å²) >= 11 is 2.49. The Kier molecular flexibility index (Phi) is 4.87. The average molecular weight is 400 g/mol. The van der Waals surface area contributed by atoms with Crippen LogP contribution in [0, 0.1) is 10.1 Å². The third-order valence-corrected chi connectivity index (χ3v) is 5.90. The second-order valence-corrected chi connectivity index (χ2v) is 7.78. The molecule has 0 aromatic heterocycles. The fraction of sp³-hybridized carbons (Fsp3) is 0.111. The molecule has 0 aliphatic carbocycles. The lowest BCUT2D eigenvalue weighted by atomic mass is 10.1. The van der Waals surface area contributed by atoms with Gasteiger partial charge in [0.05, 0.1) is 16.6 Å². The summed E-state index contributed by atoms with van der Waals surface area (Å²) in [6.07, 6.45) is 1.42. The molecule has 7 nitrogen and oxygen atoms in total. The second-order valence-electron chi connectivity index (χ2n) is 5.59. The molecule has 0 saturated carbocycles. The maximum atomic E-state index is 12.3. The van der Waals surface area contributed by atoms with Gasteiger partial charge in [0.25, 0.3) is 5.69 Å². The Hall–Kier alpha value is -2.78. The fourth-order valence-electron chi connectivity index (χ4n) is 2.54. The zero-order valence-corrected chi connectivity index (χ0v) is 15.4. The molecule has 0 bridgehead atoms. The Balaban J connectivity index is 1.59. The number of nitro groups is 1. The van der Waals surface area contributed by atoms with Crippen molar-refractivity contribution < 1.29 is 19.2 Å². The van der Waals surface area contributed by atoms with Crippen molar-refractivity contribution in [3.63, 3.8) is 0 Å². The summed E-state index contributed by atoms with van der Waals surface area (Å²) in [7, 11) is 0. The van der Waals surface area contributed by atoms with Crippen molar-refractivity contribution in [3.8, 4) is 11.5 Å². The SMILES string of the molecule is O=C1SC(SCc2ccccc2)=N/C1=C\c1cc2c(cc1[N+](=O)[O-])OCO2. The lowest BCUT2D eigenvalue weighted by molar-refractivity contribution is -0.385. The van der Waals surface area contributed by atoms with E-state index in [0.29, 0.717) is 21.6 Å². The molecular weight excluding hydrogens is 388 g/mol. The number of benzene rings is 2. The van der Waals surface area contributed by atoms with Gasteiger partial charge in [0.1, 0.15) is 10.1 Å². The first-order valence-corrected chi connectivity index (χ1v) is 9.68. The first-order chi connectivity index (χ1) is 13.1. The van der Waals surface area contributed by atoms with Crippen molar-refractivity contribution in [2.75, 3.05) is 6.79 Å². The highest BCUT2D eigenvalue weighted by Crippen LogP contribution is 2.40. The number of rotatable bonds is 4.